The van der Waals surface area contributed by atoms with Crippen molar-refractivity contribution in [1.82, 2.24) is 0 Å². The SMILES string of the molecule is CC(C)(C)c1ccc2c(c1)C1(c3cc(C(C)(C)C)ccc3-2)c2ccccc2-c2c(N(c3ccc(-c4cccc5ccccc45)cc3)c3cccc4c3oc3ccc5ccccc5c34)cccc21. The number of anilines is 3. The van der Waals surface area contributed by atoms with Gasteiger partial charge in [-0.25, -0.2) is 0 Å². The van der Waals surface area contributed by atoms with Crippen molar-refractivity contribution in [2.24, 2.45) is 0 Å². The van der Waals surface area contributed by atoms with E-state index in [1.54, 1.807) is 0 Å². The predicted molar refractivity (Wildman–Crippen MR) is 283 cm³/mol. The second-order valence-electron chi connectivity index (χ2n) is 20.8. The third-order valence-corrected chi connectivity index (χ3v) is 15.0. The zero-order valence-electron chi connectivity index (χ0n) is 38.9. The van der Waals surface area contributed by atoms with Gasteiger partial charge in [0.2, 0.25) is 0 Å². The highest BCUT2D eigenvalue weighted by Crippen LogP contribution is 2.65. The van der Waals surface area contributed by atoms with E-state index >= 15 is 0 Å². The Labute approximate surface area is 392 Å². The fraction of sp³-hybridized carbons (Fsp3) is 0.138. The standard InChI is InChI=1S/C65H51NO/c1-63(2,3)43-31-35-49-50-36-32-44(64(4,5)6)39-56(50)65(55(49)38-43)53-24-12-11-21-51(53)61-54(65)25-15-26-57(61)66(45-33-28-42(29-34-45)47-22-13-18-40-16-7-9-19-46(40)47)58-27-14-23-52-60-48-20-10-8-17-41(48)30-37-59(60)67-62(52)58/h7-39H,1-6H3. The lowest BCUT2D eigenvalue weighted by Crippen LogP contribution is -2.27. The highest BCUT2D eigenvalue weighted by molar-refractivity contribution is 6.21. The highest BCUT2D eigenvalue weighted by atomic mass is 16.3. The Kier molecular flexibility index (Phi) is 8.38. The summed E-state index contributed by atoms with van der Waals surface area (Å²) in [5.41, 5.74) is 19.9. The molecule has 2 nitrogen and oxygen atoms in total. The summed E-state index contributed by atoms with van der Waals surface area (Å²) in [6.07, 6.45) is 0. The molecular weight excluding hydrogens is 811 g/mol. The molecule has 0 unspecified atom stereocenters. The van der Waals surface area contributed by atoms with E-state index in [0.717, 1.165) is 39.0 Å². The molecule has 0 aliphatic heterocycles. The second kappa shape index (κ2) is 14.2. The van der Waals surface area contributed by atoms with Crippen LogP contribution < -0.4 is 4.90 Å². The molecule has 1 aromatic heterocycles. The van der Waals surface area contributed by atoms with Gasteiger partial charge < -0.3 is 9.32 Å². The Balaban J connectivity index is 1.11. The van der Waals surface area contributed by atoms with Crippen molar-refractivity contribution in [2.75, 3.05) is 4.90 Å². The average Bonchev–Trinajstić information content (AvgIpc) is 3.98. The second-order valence-corrected chi connectivity index (χ2v) is 20.8. The third kappa shape index (κ3) is 5.69. The maximum atomic E-state index is 7.08. The molecule has 322 valence electrons. The number of hydrogen-bond acceptors (Lipinski definition) is 2. The first-order valence-electron chi connectivity index (χ1n) is 23.8. The number of benzene rings is 10. The van der Waals surface area contributed by atoms with Gasteiger partial charge in [0.25, 0.3) is 0 Å². The lowest BCUT2D eigenvalue weighted by molar-refractivity contribution is 0.586. The van der Waals surface area contributed by atoms with E-state index in [-0.39, 0.29) is 10.8 Å². The summed E-state index contributed by atoms with van der Waals surface area (Å²) in [6, 6.07) is 75.0. The molecule has 10 aromatic carbocycles. The minimum atomic E-state index is -0.538. The third-order valence-electron chi connectivity index (χ3n) is 15.0. The van der Waals surface area contributed by atoms with Crippen LogP contribution in [0.4, 0.5) is 17.1 Å². The largest absolute Gasteiger partial charge is 0.454 e. The molecule has 2 aliphatic carbocycles. The van der Waals surface area contributed by atoms with Crippen LogP contribution in [0.2, 0.25) is 0 Å². The van der Waals surface area contributed by atoms with Crippen molar-refractivity contribution in [1.29, 1.82) is 0 Å². The molecule has 0 saturated heterocycles. The van der Waals surface area contributed by atoms with Crippen LogP contribution in [0, 0.1) is 0 Å². The number of nitrogens with zero attached hydrogens (tertiary/aromatic N) is 1. The van der Waals surface area contributed by atoms with Gasteiger partial charge in [-0.15, -0.1) is 0 Å². The molecular formula is C65H51NO. The van der Waals surface area contributed by atoms with Crippen molar-refractivity contribution >= 4 is 60.5 Å². The fourth-order valence-corrected chi connectivity index (χ4v) is 11.7. The summed E-state index contributed by atoms with van der Waals surface area (Å²) in [5, 5.41) is 7.13. The van der Waals surface area contributed by atoms with Crippen LogP contribution in [0.5, 0.6) is 0 Å². The van der Waals surface area contributed by atoms with Crippen LogP contribution >= 0.6 is 0 Å². The minimum absolute atomic E-state index is 0.0318. The van der Waals surface area contributed by atoms with Crippen LogP contribution in [0.3, 0.4) is 0 Å². The van der Waals surface area contributed by atoms with Crippen LogP contribution in [0.15, 0.2) is 205 Å². The smallest absolute Gasteiger partial charge is 0.159 e. The first-order valence-corrected chi connectivity index (χ1v) is 23.8. The Morgan fingerprint density at radius 2 is 0.955 bits per heavy atom. The van der Waals surface area contributed by atoms with Crippen molar-refractivity contribution in [3.8, 4) is 33.4 Å². The number of furan rings is 1. The van der Waals surface area contributed by atoms with Crippen LogP contribution in [0.1, 0.15) is 74.9 Å². The van der Waals surface area contributed by atoms with E-state index in [1.807, 2.05) is 0 Å². The molecule has 0 bridgehead atoms. The van der Waals surface area contributed by atoms with Gasteiger partial charge >= 0.3 is 0 Å². The number of rotatable bonds is 4. The lowest BCUT2D eigenvalue weighted by Gasteiger charge is -2.33. The molecule has 2 heteroatoms. The molecule has 2 aliphatic rings. The van der Waals surface area contributed by atoms with Crippen LogP contribution in [-0.2, 0) is 16.2 Å². The Bertz CT molecular complexity index is 3760. The van der Waals surface area contributed by atoms with E-state index < -0.39 is 5.41 Å². The fourth-order valence-electron chi connectivity index (χ4n) is 11.7. The van der Waals surface area contributed by atoms with Crippen molar-refractivity contribution in [3.05, 3.63) is 234 Å². The van der Waals surface area contributed by atoms with Gasteiger partial charge in [0.15, 0.2) is 5.58 Å². The van der Waals surface area contributed by atoms with E-state index in [1.165, 1.54) is 88.3 Å². The average molecular weight is 862 g/mol. The molecule has 0 radical (unpaired) electrons. The molecule has 0 amide bonds. The highest BCUT2D eigenvalue weighted by Gasteiger charge is 2.53. The summed E-state index contributed by atoms with van der Waals surface area (Å²) in [7, 11) is 0. The molecule has 0 N–H and O–H groups in total. The molecule has 1 heterocycles. The lowest BCUT2D eigenvalue weighted by atomic mass is 9.69. The monoisotopic (exact) mass is 861 g/mol. The normalized spacial score (nSPS) is 13.6. The van der Waals surface area contributed by atoms with E-state index in [2.05, 4.69) is 247 Å². The Morgan fingerprint density at radius 1 is 0.403 bits per heavy atom. The van der Waals surface area contributed by atoms with Gasteiger partial charge in [0.05, 0.1) is 16.8 Å². The minimum Gasteiger partial charge on any atom is -0.454 e. The van der Waals surface area contributed by atoms with E-state index in [0.29, 0.717) is 0 Å². The Morgan fingerprint density at radius 3 is 1.67 bits per heavy atom. The van der Waals surface area contributed by atoms with Crippen molar-refractivity contribution < 1.29 is 4.42 Å². The Hall–Kier alpha value is -7.68. The zero-order chi connectivity index (χ0) is 45.4. The molecule has 0 saturated carbocycles. The molecule has 13 rings (SSSR count). The van der Waals surface area contributed by atoms with E-state index in [4.69, 9.17) is 4.42 Å². The summed E-state index contributed by atoms with van der Waals surface area (Å²) in [6.45, 7) is 14.0. The van der Waals surface area contributed by atoms with Gasteiger partial charge in [0, 0.05) is 22.0 Å². The van der Waals surface area contributed by atoms with E-state index in [9.17, 15) is 0 Å². The number of fused-ring (bicyclic) bond motifs is 16. The summed E-state index contributed by atoms with van der Waals surface area (Å²) in [4.78, 5) is 2.47. The molecule has 0 fully saturated rings. The van der Waals surface area contributed by atoms with Gasteiger partial charge in [-0.05, 0) is 124 Å². The van der Waals surface area contributed by atoms with Crippen molar-refractivity contribution in [3.63, 3.8) is 0 Å². The summed E-state index contributed by atoms with van der Waals surface area (Å²) in [5.74, 6) is 0. The summed E-state index contributed by atoms with van der Waals surface area (Å²) >= 11 is 0. The predicted octanol–water partition coefficient (Wildman–Crippen LogP) is 18.0. The number of hydrogen-bond donors (Lipinski definition) is 0. The van der Waals surface area contributed by atoms with Crippen LogP contribution in [0.25, 0.3) is 76.9 Å². The van der Waals surface area contributed by atoms with Crippen molar-refractivity contribution in [2.45, 2.75) is 57.8 Å². The van der Waals surface area contributed by atoms with Gasteiger partial charge in [-0.3, -0.25) is 0 Å². The molecule has 0 atom stereocenters. The first kappa shape index (κ1) is 39.7. The molecule has 67 heavy (non-hydrogen) atoms. The van der Waals surface area contributed by atoms with Gasteiger partial charge in [0.1, 0.15) is 5.58 Å². The molecule has 1 spiro atoms. The first-order chi connectivity index (χ1) is 32.5. The zero-order valence-corrected chi connectivity index (χ0v) is 38.9. The molecule has 11 aromatic rings. The van der Waals surface area contributed by atoms with Gasteiger partial charge in [-0.1, -0.05) is 211 Å². The maximum Gasteiger partial charge on any atom is 0.159 e. The number of para-hydroxylation sites is 1. The quantitative estimate of drug-likeness (QED) is 0.175. The van der Waals surface area contributed by atoms with Crippen LogP contribution in [-0.4, -0.2) is 0 Å². The van der Waals surface area contributed by atoms with Gasteiger partial charge in [-0.2, -0.15) is 0 Å². The topological polar surface area (TPSA) is 16.4 Å². The maximum absolute atomic E-state index is 7.08. The summed E-state index contributed by atoms with van der Waals surface area (Å²) < 4.78 is 7.08.